The molecule has 5 rings (SSSR count). The van der Waals surface area contributed by atoms with Gasteiger partial charge in [-0.1, -0.05) is 79.2 Å². The fourth-order valence-corrected chi connectivity index (χ4v) is 5.62. The number of nitrogens with one attached hydrogen (secondary N) is 1. The zero-order chi connectivity index (χ0) is 23.7. The minimum Gasteiger partial charge on any atom is -0.480 e. The molecule has 0 radical (unpaired) electrons. The zero-order valence-electron chi connectivity index (χ0n) is 18.5. The lowest BCUT2D eigenvalue weighted by molar-refractivity contribution is -0.137. The van der Waals surface area contributed by atoms with Crippen molar-refractivity contribution in [2.45, 2.75) is 25.8 Å². The Morgan fingerprint density at radius 2 is 1.82 bits per heavy atom. The minimum atomic E-state index is -0.968. The maximum absolute atomic E-state index is 12.2. The van der Waals surface area contributed by atoms with Gasteiger partial charge in [0.2, 0.25) is 0 Å². The van der Waals surface area contributed by atoms with Crippen LogP contribution < -0.4 is 5.32 Å². The summed E-state index contributed by atoms with van der Waals surface area (Å²) < 4.78 is 0. The van der Waals surface area contributed by atoms with Gasteiger partial charge in [0, 0.05) is 21.9 Å². The summed E-state index contributed by atoms with van der Waals surface area (Å²) in [7, 11) is 0. The van der Waals surface area contributed by atoms with Gasteiger partial charge in [0.05, 0.1) is 5.39 Å². The standard InChI is InChI=1S/C27H22ClN3O2S/c1-2-22-23(19-12-7-10-16-8-3-5-11-18(16)19)24-25(29-15-30-26(24)34-22)31-21(27(32)33)14-17-9-4-6-13-20(17)28/h3-13,15,21H,2,14H2,1H3,(H,32,33)(H,29,30,31). The molecule has 1 atom stereocenters. The molecule has 0 saturated carbocycles. The molecule has 5 nitrogen and oxygen atoms in total. The van der Waals surface area contributed by atoms with Crippen LogP contribution in [0.5, 0.6) is 0 Å². The number of fused-ring (bicyclic) bond motifs is 2. The Labute approximate surface area is 206 Å². The van der Waals surface area contributed by atoms with E-state index >= 15 is 0 Å². The molecule has 0 aliphatic rings. The molecule has 2 heterocycles. The van der Waals surface area contributed by atoms with Crippen molar-refractivity contribution in [3.8, 4) is 11.1 Å². The molecule has 1 unspecified atom stereocenters. The molecule has 0 aliphatic heterocycles. The number of hydrogen-bond acceptors (Lipinski definition) is 5. The lowest BCUT2D eigenvalue weighted by atomic mass is 9.96. The van der Waals surface area contributed by atoms with Crippen LogP contribution in [-0.2, 0) is 17.6 Å². The summed E-state index contributed by atoms with van der Waals surface area (Å²) in [6.07, 6.45) is 2.55. The largest absolute Gasteiger partial charge is 0.480 e. The number of carbonyl (C=O) groups is 1. The molecule has 0 fully saturated rings. The number of anilines is 1. The van der Waals surface area contributed by atoms with Gasteiger partial charge in [-0.15, -0.1) is 11.3 Å². The van der Waals surface area contributed by atoms with Gasteiger partial charge in [-0.2, -0.15) is 0 Å². The summed E-state index contributed by atoms with van der Waals surface area (Å²) in [6, 6.07) is 20.9. The zero-order valence-corrected chi connectivity index (χ0v) is 20.0. The average Bonchev–Trinajstić information content (AvgIpc) is 3.24. The number of hydrogen-bond donors (Lipinski definition) is 2. The molecule has 5 aromatic rings. The number of halogens is 1. The van der Waals surface area contributed by atoms with E-state index in [1.807, 2.05) is 30.3 Å². The third kappa shape index (κ3) is 4.11. The Morgan fingerprint density at radius 1 is 1.06 bits per heavy atom. The molecule has 170 valence electrons. The minimum absolute atomic E-state index is 0.231. The summed E-state index contributed by atoms with van der Waals surface area (Å²) in [5.74, 6) is -0.451. The van der Waals surface area contributed by atoms with E-state index < -0.39 is 12.0 Å². The number of carboxylic acids is 1. The Morgan fingerprint density at radius 3 is 2.62 bits per heavy atom. The number of nitrogens with zero attached hydrogens (tertiary/aromatic N) is 2. The molecular formula is C27H22ClN3O2S. The highest BCUT2D eigenvalue weighted by Crippen LogP contribution is 2.43. The first-order valence-electron chi connectivity index (χ1n) is 11.0. The highest BCUT2D eigenvalue weighted by Gasteiger charge is 2.24. The maximum atomic E-state index is 12.2. The highest BCUT2D eigenvalue weighted by molar-refractivity contribution is 7.19. The Kier molecular flexibility index (Phi) is 6.18. The summed E-state index contributed by atoms with van der Waals surface area (Å²) in [6.45, 7) is 2.12. The van der Waals surface area contributed by atoms with Crippen LogP contribution in [-0.4, -0.2) is 27.1 Å². The summed E-state index contributed by atoms with van der Waals surface area (Å²) in [4.78, 5) is 23.2. The van der Waals surface area contributed by atoms with E-state index in [1.165, 1.54) is 11.2 Å². The van der Waals surface area contributed by atoms with Crippen LogP contribution in [0, 0.1) is 0 Å². The van der Waals surface area contributed by atoms with Gasteiger partial charge in [-0.05, 0) is 34.4 Å². The fourth-order valence-electron chi connectivity index (χ4n) is 4.31. The third-order valence-electron chi connectivity index (χ3n) is 5.93. The second-order valence-corrected chi connectivity index (χ2v) is 9.50. The molecule has 3 aromatic carbocycles. The van der Waals surface area contributed by atoms with Crippen molar-refractivity contribution in [3.63, 3.8) is 0 Å². The van der Waals surface area contributed by atoms with Gasteiger partial charge in [0.25, 0.3) is 0 Å². The Balaban J connectivity index is 1.66. The Bertz CT molecular complexity index is 1510. The van der Waals surface area contributed by atoms with Crippen LogP contribution in [0.1, 0.15) is 17.4 Å². The third-order valence-corrected chi connectivity index (χ3v) is 7.54. The molecule has 0 aliphatic carbocycles. The van der Waals surface area contributed by atoms with E-state index in [-0.39, 0.29) is 6.42 Å². The second-order valence-electron chi connectivity index (χ2n) is 8.01. The monoisotopic (exact) mass is 487 g/mol. The van der Waals surface area contributed by atoms with Crippen LogP contribution in [0.2, 0.25) is 5.02 Å². The van der Waals surface area contributed by atoms with E-state index in [0.717, 1.165) is 44.1 Å². The first-order valence-corrected chi connectivity index (χ1v) is 12.2. The topological polar surface area (TPSA) is 75.1 Å². The molecular weight excluding hydrogens is 466 g/mol. The van der Waals surface area contributed by atoms with Gasteiger partial charge in [0.1, 0.15) is 23.0 Å². The second kappa shape index (κ2) is 9.41. The smallest absolute Gasteiger partial charge is 0.326 e. The molecule has 2 aromatic heterocycles. The van der Waals surface area contributed by atoms with E-state index in [2.05, 4.69) is 52.5 Å². The molecule has 0 bridgehead atoms. The van der Waals surface area contributed by atoms with E-state index in [9.17, 15) is 9.90 Å². The Hall–Kier alpha value is -3.48. The number of rotatable bonds is 7. The predicted octanol–water partition coefficient (Wildman–Crippen LogP) is 6.84. The molecule has 2 N–H and O–H groups in total. The van der Waals surface area contributed by atoms with Crippen molar-refractivity contribution in [1.82, 2.24) is 9.97 Å². The number of thiophene rings is 1. The average molecular weight is 488 g/mol. The predicted molar refractivity (Wildman–Crippen MR) is 140 cm³/mol. The van der Waals surface area contributed by atoms with Crippen LogP contribution in [0.15, 0.2) is 73.1 Å². The lowest BCUT2D eigenvalue weighted by Crippen LogP contribution is -2.32. The number of aliphatic carboxylic acids is 1. The first kappa shape index (κ1) is 22.3. The normalized spacial score (nSPS) is 12.2. The van der Waals surface area contributed by atoms with Gasteiger partial charge >= 0.3 is 5.97 Å². The van der Waals surface area contributed by atoms with Crippen LogP contribution >= 0.6 is 22.9 Å². The fraction of sp³-hybridized carbons (Fsp3) is 0.148. The van der Waals surface area contributed by atoms with Crippen LogP contribution in [0.4, 0.5) is 5.82 Å². The SMILES string of the molecule is CCc1sc2ncnc(NC(Cc3ccccc3Cl)C(=O)O)c2c1-c1cccc2ccccc12. The summed E-state index contributed by atoms with van der Waals surface area (Å²) >= 11 is 7.93. The van der Waals surface area contributed by atoms with E-state index in [1.54, 1.807) is 17.4 Å². The maximum Gasteiger partial charge on any atom is 0.326 e. The first-order chi connectivity index (χ1) is 16.6. The molecule has 0 spiro atoms. The molecule has 0 saturated heterocycles. The summed E-state index contributed by atoms with van der Waals surface area (Å²) in [5.41, 5.74) is 2.92. The number of aromatic nitrogens is 2. The van der Waals surface area contributed by atoms with Crippen LogP contribution in [0.25, 0.3) is 32.1 Å². The summed E-state index contributed by atoms with van der Waals surface area (Å²) in [5, 5.41) is 16.9. The molecule has 0 amide bonds. The van der Waals surface area contributed by atoms with Crippen molar-refractivity contribution in [2.75, 3.05) is 5.32 Å². The van der Waals surface area contributed by atoms with E-state index in [0.29, 0.717) is 10.8 Å². The van der Waals surface area contributed by atoms with Crippen molar-refractivity contribution < 1.29 is 9.90 Å². The van der Waals surface area contributed by atoms with Crippen molar-refractivity contribution in [3.05, 3.63) is 88.5 Å². The van der Waals surface area contributed by atoms with Gasteiger partial charge in [-0.3, -0.25) is 0 Å². The van der Waals surface area contributed by atoms with Crippen molar-refractivity contribution >= 4 is 55.7 Å². The van der Waals surface area contributed by atoms with E-state index in [4.69, 9.17) is 11.6 Å². The highest BCUT2D eigenvalue weighted by atomic mass is 35.5. The van der Waals surface area contributed by atoms with Crippen molar-refractivity contribution in [2.24, 2.45) is 0 Å². The van der Waals surface area contributed by atoms with Crippen LogP contribution in [0.3, 0.4) is 0 Å². The van der Waals surface area contributed by atoms with Crippen molar-refractivity contribution in [1.29, 1.82) is 0 Å². The number of carboxylic acid groups (broad SMARTS) is 1. The lowest BCUT2D eigenvalue weighted by Gasteiger charge is -2.17. The van der Waals surface area contributed by atoms with Gasteiger partial charge < -0.3 is 10.4 Å². The van der Waals surface area contributed by atoms with Gasteiger partial charge in [-0.25, -0.2) is 14.8 Å². The quantitative estimate of drug-likeness (QED) is 0.263. The number of aryl methyl sites for hydroxylation is 1. The molecule has 34 heavy (non-hydrogen) atoms. The number of benzene rings is 3. The molecule has 7 heteroatoms. The van der Waals surface area contributed by atoms with Gasteiger partial charge in [0.15, 0.2) is 0 Å².